The van der Waals surface area contributed by atoms with Crippen molar-refractivity contribution in [2.75, 3.05) is 13.2 Å². The van der Waals surface area contributed by atoms with E-state index >= 15 is 0 Å². The van der Waals surface area contributed by atoms with Crippen molar-refractivity contribution in [2.45, 2.75) is 25.9 Å². The molecule has 3 aromatic rings. The van der Waals surface area contributed by atoms with E-state index in [2.05, 4.69) is 6.92 Å². The zero-order valence-corrected chi connectivity index (χ0v) is 17.2. The Balaban J connectivity index is 2.02. The van der Waals surface area contributed by atoms with Crippen LogP contribution >= 0.6 is 18.5 Å². The molecule has 1 aliphatic heterocycles. The molecule has 3 nitrogen and oxygen atoms in total. The van der Waals surface area contributed by atoms with E-state index in [0.29, 0.717) is 13.2 Å². The van der Waals surface area contributed by atoms with Crippen LogP contribution in [0.25, 0.3) is 0 Å². The van der Waals surface area contributed by atoms with Gasteiger partial charge in [-0.25, -0.2) is 0 Å². The van der Waals surface area contributed by atoms with Crippen LogP contribution in [0, 0.1) is 13.8 Å². The molecule has 0 saturated carbocycles. The molecular weight excluding hydrogens is 375 g/mol. The average molecular weight is 398 g/mol. The van der Waals surface area contributed by atoms with Crippen LogP contribution in [-0.2, 0) is 9.30 Å². The average Bonchev–Trinajstić information content (AvgIpc) is 3.24. The van der Waals surface area contributed by atoms with Gasteiger partial charge in [0, 0.05) is 31.6 Å². The second kappa shape index (κ2) is 7.37. The van der Waals surface area contributed by atoms with Crippen LogP contribution in [0.4, 0.5) is 0 Å². The summed E-state index contributed by atoms with van der Waals surface area (Å²) in [6.45, 7) is 4.90. The predicted molar refractivity (Wildman–Crippen MR) is 113 cm³/mol. The molecule has 4 rings (SSSR count). The number of aryl methyl sites for hydroxylation is 2. The number of benzene rings is 2. The smallest absolute Gasteiger partial charge is 0.172 e. The summed E-state index contributed by atoms with van der Waals surface area (Å²) < 4.78 is 20.4. The first-order valence-electron chi connectivity index (χ1n) is 9.11. The van der Waals surface area contributed by atoms with Crippen LogP contribution in [0.15, 0.2) is 60.7 Å². The van der Waals surface area contributed by atoms with E-state index in [4.69, 9.17) is 4.74 Å². The van der Waals surface area contributed by atoms with Crippen LogP contribution in [-0.4, -0.2) is 24.4 Å². The topological polar surface area (TPSA) is 46.5 Å². The van der Waals surface area contributed by atoms with Crippen LogP contribution in [0.1, 0.15) is 21.2 Å². The molecule has 0 radical (unpaired) electrons. The zero-order chi connectivity index (χ0) is 19.0. The molecule has 5 heteroatoms. The fourth-order valence-corrected chi connectivity index (χ4v) is 8.76. The van der Waals surface area contributed by atoms with Gasteiger partial charge in [-0.15, -0.1) is 11.3 Å². The van der Waals surface area contributed by atoms with E-state index in [1.54, 1.807) is 11.3 Å². The summed E-state index contributed by atoms with van der Waals surface area (Å²) in [4.78, 5) is 2.17. The minimum absolute atomic E-state index is 0.134. The fourth-order valence-electron chi connectivity index (χ4n) is 4.02. The normalized spacial score (nSPS) is 20.1. The van der Waals surface area contributed by atoms with Gasteiger partial charge in [0.05, 0.1) is 19.3 Å². The lowest BCUT2D eigenvalue weighted by molar-refractivity contribution is 0.124. The highest BCUT2D eigenvalue weighted by Crippen LogP contribution is 2.49. The van der Waals surface area contributed by atoms with Crippen molar-refractivity contribution < 1.29 is 14.4 Å². The third-order valence-corrected chi connectivity index (χ3v) is 9.69. The van der Waals surface area contributed by atoms with E-state index in [0.717, 1.165) is 31.2 Å². The van der Waals surface area contributed by atoms with Gasteiger partial charge < -0.3 is 14.4 Å². The lowest BCUT2D eigenvalue weighted by atomic mass is 9.96. The highest BCUT2D eigenvalue weighted by atomic mass is 32.1. The summed E-state index contributed by atoms with van der Waals surface area (Å²) in [5, 5.41) is 13.0. The molecule has 2 aromatic carbocycles. The largest absolute Gasteiger partial charge is 0.390 e. The van der Waals surface area contributed by atoms with Crippen molar-refractivity contribution in [2.24, 2.45) is 0 Å². The lowest BCUT2D eigenvalue weighted by Gasteiger charge is -2.24. The number of aliphatic hydroxyl groups is 1. The van der Waals surface area contributed by atoms with Crippen molar-refractivity contribution in [3.05, 3.63) is 76.0 Å². The molecule has 1 aliphatic rings. The first-order valence-corrected chi connectivity index (χ1v) is 11.6. The maximum absolute atomic E-state index is 14.8. The molecule has 1 N–H and O–H groups in total. The van der Waals surface area contributed by atoms with Crippen LogP contribution in [0.5, 0.6) is 0 Å². The number of hydrogen-bond acceptors (Lipinski definition) is 4. The first kappa shape index (κ1) is 18.6. The van der Waals surface area contributed by atoms with Crippen molar-refractivity contribution in [3.8, 4) is 0 Å². The summed E-state index contributed by atoms with van der Waals surface area (Å²) in [6, 6.07) is 19.4. The first-order chi connectivity index (χ1) is 13.0. The van der Waals surface area contributed by atoms with Gasteiger partial charge in [-0.2, -0.15) is 0 Å². The van der Waals surface area contributed by atoms with Gasteiger partial charge >= 0.3 is 0 Å². The van der Waals surface area contributed by atoms with E-state index in [9.17, 15) is 9.67 Å². The molecule has 0 amide bonds. The van der Waals surface area contributed by atoms with Crippen molar-refractivity contribution in [3.63, 3.8) is 0 Å². The number of ether oxygens (including phenoxy) is 1. The minimum atomic E-state index is -3.07. The monoisotopic (exact) mass is 398 g/mol. The van der Waals surface area contributed by atoms with Gasteiger partial charge in [0.2, 0.25) is 0 Å². The Bertz CT molecular complexity index is 938. The number of rotatable bonds is 4. The van der Waals surface area contributed by atoms with Crippen LogP contribution < -0.4 is 15.9 Å². The van der Waals surface area contributed by atoms with Gasteiger partial charge in [0.25, 0.3) is 0 Å². The number of aliphatic hydroxyl groups excluding tert-OH is 1. The molecule has 2 heterocycles. The molecule has 27 heavy (non-hydrogen) atoms. The quantitative estimate of drug-likeness (QED) is 0.685. The fraction of sp³-hybridized carbons (Fsp3) is 0.273. The Morgan fingerprint density at radius 1 is 0.926 bits per heavy atom. The standard InChI is InChI=1S/C22H23O3PS/c1-15-21(19-13-25-14-20(19)23)22(16(2)27-15)26(24,17-9-5-3-6-10-17)18-11-7-4-8-12-18/h3-12,19-20,23H,13-14H2,1-2H3. The molecule has 2 atom stereocenters. The summed E-state index contributed by atoms with van der Waals surface area (Å²) in [5.74, 6) is -0.134. The summed E-state index contributed by atoms with van der Waals surface area (Å²) in [7, 11) is -3.07. The highest BCUT2D eigenvalue weighted by Gasteiger charge is 2.40. The molecule has 0 bridgehead atoms. The van der Waals surface area contributed by atoms with Crippen LogP contribution in [0.2, 0.25) is 0 Å². The molecule has 2 unspecified atom stereocenters. The lowest BCUT2D eigenvalue weighted by Crippen LogP contribution is -2.30. The number of thiophene rings is 1. The van der Waals surface area contributed by atoms with E-state index in [-0.39, 0.29) is 5.92 Å². The van der Waals surface area contributed by atoms with E-state index in [1.807, 2.05) is 67.6 Å². The Morgan fingerprint density at radius 3 is 1.96 bits per heavy atom. The Morgan fingerprint density at radius 2 is 1.48 bits per heavy atom. The third kappa shape index (κ3) is 3.11. The Labute approximate surface area is 164 Å². The minimum Gasteiger partial charge on any atom is -0.390 e. The highest BCUT2D eigenvalue weighted by molar-refractivity contribution is 7.85. The molecular formula is C22H23O3PS. The summed E-state index contributed by atoms with van der Waals surface area (Å²) in [6.07, 6.45) is -0.559. The SMILES string of the molecule is Cc1sc(C)c(P(=O)(c2ccccc2)c2ccccc2)c1C1COCC1O. The van der Waals surface area contributed by atoms with Crippen LogP contribution in [0.3, 0.4) is 0 Å². The Kier molecular flexibility index (Phi) is 5.09. The van der Waals surface area contributed by atoms with Gasteiger partial charge in [0.1, 0.15) is 0 Å². The van der Waals surface area contributed by atoms with Gasteiger partial charge in [-0.3, -0.25) is 0 Å². The van der Waals surface area contributed by atoms with E-state index in [1.165, 1.54) is 0 Å². The molecule has 0 spiro atoms. The molecule has 0 aliphatic carbocycles. The number of hydrogen-bond donors (Lipinski definition) is 1. The van der Waals surface area contributed by atoms with Crippen molar-refractivity contribution in [1.29, 1.82) is 0 Å². The summed E-state index contributed by atoms with van der Waals surface area (Å²) in [5.41, 5.74) is 1.01. The molecule has 1 fully saturated rings. The third-order valence-electron chi connectivity index (χ3n) is 5.25. The van der Waals surface area contributed by atoms with Gasteiger partial charge in [0.15, 0.2) is 7.14 Å². The van der Waals surface area contributed by atoms with Crippen molar-refractivity contribution in [1.82, 2.24) is 0 Å². The van der Waals surface area contributed by atoms with Gasteiger partial charge in [-0.05, 0) is 19.4 Å². The second-order valence-electron chi connectivity index (χ2n) is 6.97. The molecule has 1 aromatic heterocycles. The van der Waals surface area contributed by atoms with Gasteiger partial charge in [-0.1, -0.05) is 60.7 Å². The Hall–Kier alpha value is -1.71. The zero-order valence-electron chi connectivity index (χ0n) is 15.5. The van der Waals surface area contributed by atoms with E-state index < -0.39 is 13.2 Å². The molecule has 140 valence electrons. The maximum atomic E-state index is 14.8. The maximum Gasteiger partial charge on any atom is 0.172 e. The van der Waals surface area contributed by atoms with Crippen molar-refractivity contribution >= 4 is 34.4 Å². The molecule has 1 saturated heterocycles. The second-order valence-corrected chi connectivity index (χ2v) is 11.1. The predicted octanol–water partition coefficient (Wildman–Crippen LogP) is 3.48. The summed E-state index contributed by atoms with van der Waals surface area (Å²) >= 11 is 1.66.